The predicted molar refractivity (Wildman–Crippen MR) is 92.7 cm³/mol. The second-order valence-electron chi connectivity index (χ2n) is 5.50. The van der Waals surface area contributed by atoms with Crippen LogP contribution >= 0.6 is 12.4 Å². The third-order valence-corrected chi connectivity index (χ3v) is 3.94. The first kappa shape index (κ1) is 20.1. The number of primary amides is 1. The molecule has 1 aliphatic rings. The van der Waals surface area contributed by atoms with Crippen molar-refractivity contribution in [1.29, 1.82) is 0 Å². The lowest BCUT2D eigenvalue weighted by molar-refractivity contribution is -0.119. The van der Waals surface area contributed by atoms with Crippen LogP contribution in [0.4, 0.5) is 0 Å². The number of hydrogen-bond acceptors (Lipinski definition) is 5. The van der Waals surface area contributed by atoms with Crippen LogP contribution in [0.2, 0.25) is 0 Å². The first-order chi connectivity index (χ1) is 11.1. The van der Waals surface area contributed by atoms with E-state index in [0.717, 1.165) is 19.3 Å². The number of amides is 2. The standard InChI is InChI=1S/C16H23N3O4.ClH/c1-22-14-8-11(5-6-13(14)23-10-15(18)20)16(21)19-7-3-2-4-12(19)9-17;/h5-6,8,12H,2-4,7,9-10,17H2,1H3,(H2,18,20);1H. The summed E-state index contributed by atoms with van der Waals surface area (Å²) in [4.78, 5) is 25.3. The Balaban J connectivity index is 0.00000288. The van der Waals surface area contributed by atoms with E-state index in [1.807, 2.05) is 4.90 Å². The molecular weight excluding hydrogens is 334 g/mol. The first-order valence-electron chi connectivity index (χ1n) is 7.67. The summed E-state index contributed by atoms with van der Waals surface area (Å²) in [6.45, 7) is 0.927. The largest absolute Gasteiger partial charge is 0.493 e. The van der Waals surface area contributed by atoms with Crippen molar-refractivity contribution >= 4 is 24.2 Å². The lowest BCUT2D eigenvalue weighted by Crippen LogP contribution is -2.47. The van der Waals surface area contributed by atoms with Gasteiger partial charge in [0.05, 0.1) is 7.11 Å². The average molecular weight is 358 g/mol. The number of ether oxygens (including phenoxy) is 2. The van der Waals surface area contributed by atoms with E-state index in [-0.39, 0.29) is 31.0 Å². The molecule has 1 atom stereocenters. The summed E-state index contributed by atoms with van der Waals surface area (Å²) in [6.07, 6.45) is 3.01. The molecule has 8 heteroatoms. The molecule has 0 aliphatic carbocycles. The summed E-state index contributed by atoms with van der Waals surface area (Å²) in [6, 6.07) is 4.95. The van der Waals surface area contributed by atoms with Crippen molar-refractivity contribution in [1.82, 2.24) is 4.90 Å². The van der Waals surface area contributed by atoms with Crippen LogP contribution in [0, 0.1) is 0 Å². The highest BCUT2D eigenvalue weighted by Crippen LogP contribution is 2.29. The van der Waals surface area contributed by atoms with Crippen molar-refractivity contribution in [2.24, 2.45) is 11.5 Å². The van der Waals surface area contributed by atoms with Crippen molar-refractivity contribution in [2.45, 2.75) is 25.3 Å². The number of rotatable bonds is 6. The van der Waals surface area contributed by atoms with E-state index in [4.69, 9.17) is 20.9 Å². The number of nitrogens with zero attached hydrogens (tertiary/aromatic N) is 1. The van der Waals surface area contributed by atoms with Crippen LogP contribution in [-0.4, -0.2) is 49.6 Å². The fourth-order valence-corrected chi connectivity index (χ4v) is 2.75. The predicted octanol–water partition coefficient (Wildman–Crippen LogP) is 0.935. The normalized spacial score (nSPS) is 16.9. The molecule has 2 amide bonds. The lowest BCUT2D eigenvalue weighted by Gasteiger charge is -2.35. The maximum Gasteiger partial charge on any atom is 0.255 e. The molecule has 0 saturated carbocycles. The summed E-state index contributed by atoms with van der Waals surface area (Å²) in [5.41, 5.74) is 11.3. The van der Waals surface area contributed by atoms with Gasteiger partial charge in [0, 0.05) is 24.7 Å². The van der Waals surface area contributed by atoms with Crippen LogP contribution < -0.4 is 20.9 Å². The number of carbonyl (C=O) groups excluding carboxylic acids is 2. The highest BCUT2D eigenvalue weighted by Gasteiger charge is 2.27. The minimum absolute atomic E-state index is 0. The molecule has 0 spiro atoms. The molecule has 1 heterocycles. The van der Waals surface area contributed by atoms with E-state index in [1.165, 1.54) is 7.11 Å². The Labute approximate surface area is 147 Å². The van der Waals surface area contributed by atoms with Gasteiger partial charge in [-0.2, -0.15) is 0 Å². The number of carbonyl (C=O) groups is 2. The molecule has 2 rings (SSSR count). The van der Waals surface area contributed by atoms with Crippen molar-refractivity contribution in [3.8, 4) is 11.5 Å². The van der Waals surface area contributed by atoms with Gasteiger partial charge in [0.15, 0.2) is 18.1 Å². The molecule has 1 saturated heterocycles. The molecule has 0 bridgehead atoms. The van der Waals surface area contributed by atoms with E-state index < -0.39 is 5.91 Å². The van der Waals surface area contributed by atoms with Gasteiger partial charge in [0.1, 0.15) is 0 Å². The number of piperidine rings is 1. The molecule has 24 heavy (non-hydrogen) atoms. The molecule has 1 aliphatic heterocycles. The van der Waals surface area contributed by atoms with Gasteiger partial charge in [-0.05, 0) is 37.5 Å². The van der Waals surface area contributed by atoms with Crippen LogP contribution in [0.3, 0.4) is 0 Å². The van der Waals surface area contributed by atoms with Gasteiger partial charge < -0.3 is 25.8 Å². The molecule has 7 nitrogen and oxygen atoms in total. The van der Waals surface area contributed by atoms with Crippen molar-refractivity contribution in [3.63, 3.8) is 0 Å². The van der Waals surface area contributed by atoms with Gasteiger partial charge >= 0.3 is 0 Å². The molecule has 1 aromatic rings. The molecule has 1 unspecified atom stereocenters. The van der Waals surface area contributed by atoms with Crippen LogP contribution in [0.1, 0.15) is 29.6 Å². The van der Waals surface area contributed by atoms with Crippen LogP contribution in [0.5, 0.6) is 11.5 Å². The van der Waals surface area contributed by atoms with Gasteiger partial charge in [-0.1, -0.05) is 0 Å². The summed E-state index contributed by atoms with van der Waals surface area (Å²) in [5.74, 6) is 0.112. The van der Waals surface area contributed by atoms with Gasteiger partial charge in [0.25, 0.3) is 11.8 Å². The summed E-state index contributed by atoms with van der Waals surface area (Å²) < 4.78 is 10.5. The molecular formula is C16H24ClN3O4. The molecule has 0 aromatic heterocycles. The number of likely N-dealkylation sites (tertiary alicyclic amines) is 1. The molecule has 1 aromatic carbocycles. The van der Waals surface area contributed by atoms with Gasteiger partial charge in [-0.25, -0.2) is 0 Å². The fourth-order valence-electron chi connectivity index (χ4n) is 2.75. The smallest absolute Gasteiger partial charge is 0.255 e. The lowest BCUT2D eigenvalue weighted by atomic mass is 10.0. The quantitative estimate of drug-likeness (QED) is 0.787. The second-order valence-corrected chi connectivity index (χ2v) is 5.50. The van der Waals surface area contributed by atoms with Crippen LogP contribution in [-0.2, 0) is 4.79 Å². The Hall–Kier alpha value is -1.99. The number of nitrogens with two attached hydrogens (primary N) is 2. The number of halogens is 1. The fraction of sp³-hybridized carbons (Fsp3) is 0.500. The van der Waals surface area contributed by atoms with Crippen LogP contribution in [0.15, 0.2) is 18.2 Å². The Kier molecular flexibility index (Phi) is 7.81. The van der Waals surface area contributed by atoms with Crippen molar-refractivity contribution in [3.05, 3.63) is 23.8 Å². The summed E-state index contributed by atoms with van der Waals surface area (Å²) >= 11 is 0. The van der Waals surface area contributed by atoms with E-state index >= 15 is 0 Å². The van der Waals surface area contributed by atoms with E-state index in [1.54, 1.807) is 18.2 Å². The highest BCUT2D eigenvalue weighted by molar-refractivity contribution is 5.95. The Morgan fingerprint density at radius 1 is 1.29 bits per heavy atom. The minimum atomic E-state index is -0.577. The highest BCUT2D eigenvalue weighted by atomic mass is 35.5. The van der Waals surface area contributed by atoms with E-state index in [9.17, 15) is 9.59 Å². The Morgan fingerprint density at radius 3 is 2.67 bits per heavy atom. The first-order valence-corrected chi connectivity index (χ1v) is 7.67. The monoisotopic (exact) mass is 357 g/mol. The number of benzene rings is 1. The average Bonchev–Trinajstić information content (AvgIpc) is 2.59. The zero-order valence-corrected chi connectivity index (χ0v) is 14.5. The third-order valence-electron chi connectivity index (χ3n) is 3.94. The van der Waals surface area contributed by atoms with E-state index in [0.29, 0.717) is 30.2 Å². The van der Waals surface area contributed by atoms with Gasteiger partial charge in [0.2, 0.25) is 0 Å². The zero-order chi connectivity index (χ0) is 16.8. The van der Waals surface area contributed by atoms with Crippen LogP contribution in [0.25, 0.3) is 0 Å². The Morgan fingerprint density at radius 2 is 2.04 bits per heavy atom. The van der Waals surface area contributed by atoms with Crippen molar-refractivity contribution in [2.75, 3.05) is 26.8 Å². The van der Waals surface area contributed by atoms with Crippen molar-refractivity contribution < 1.29 is 19.1 Å². The third kappa shape index (κ3) is 4.75. The molecule has 134 valence electrons. The van der Waals surface area contributed by atoms with E-state index in [2.05, 4.69) is 0 Å². The maximum absolute atomic E-state index is 12.7. The molecule has 4 N–H and O–H groups in total. The topological polar surface area (TPSA) is 108 Å². The molecule has 1 fully saturated rings. The second kappa shape index (κ2) is 9.34. The Bertz CT molecular complexity index is 582. The minimum Gasteiger partial charge on any atom is -0.493 e. The summed E-state index contributed by atoms with van der Waals surface area (Å²) in [5, 5.41) is 0. The summed E-state index contributed by atoms with van der Waals surface area (Å²) in [7, 11) is 1.48. The number of hydrogen-bond donors (Lipinski definition) is 2. The van der Waals surface area contributed by atoms with Gasteiger partial charge in [-0.3, -0.25) is 9.59 Å². The number of methoxy groups -OCH3 is 1. The molecule has 0 radical (unpaired) electrons. The zero-order valence-electron chi connectivity index (χ0n) is 13.7. The maximum atomic E-state index is 12.7. The SMILES string of the molecule is COc1cc(C(=O)N2CCCCC2CN)ccc1OCC(N)=O.Cl. The van der Waals surface area contributed by atoms with Gasteiger partial charge in [-0.15, -0.1) is 12.4 Å².